The van der Waals surface area contributed by atoms with Crippen LogP contribution >= 0.6 is 0 Å². The fourth-order valence-corrected chi connectivity index (χ4v) is 5.34. The zero-order chi connectivity index (χ0) is 21.9. The summed E-state index contributed by atoms with van der Waals surface area (Å²) < 4.78 is 27.8. The normalized spacial score (nSPS) is 16.1. The SMILES string of the molecule is O=C(O)C(C1CCN(C(=O)O)CC1)N(c1ccc(O)cc1)S(=O)(=O)c1ccccc1. The van der Waals surface area contributed by atoms with Crippen molar-refractivity contribution in [3.63, 3.8) is 0 Å². The third-order valence-corrected chi connectivity index (χ3v) is 6.99. The molecule has 2 aromatic carbocycles. The Morgan fingerprint density at radius 1 is 0.967 bits per heavy atom. The molecule has 10 heteroatoms. The van der Waals surface area contributed by atoms with Crippen LogP contribution in [0.2, 0.25) is 0 Å². The first-order chi connectivity index (χ1) is 14.2. The van der Waals surface area contributed by atoms with Crippen LogP contribution in [0.3, 0.4) is 0 Å². The molecule has 0 spiro atoms. The van der Waals surface area contributed by atoms with Gasteiger partial charge in [0, 0.05) is 13.1 Å². The molecular weight excluding hydrogens is 412 g/mol. The summed E-state index contributed by atoms with van der Waals surface area (Å²) in [4.78, 5) is 24.6. The fourth-order valence-electron chi connectivity index (χ4n) is 3.65. The van der Waals surface area contributed by atoms with Crippen molar-refractivity contribution in [2.45, 2.75) is 23.8 Å². The summed E-state index contributed by atoms with van der Waals surface area (Å²) >= 11 is 0. The van der Waals surface area contributed by atoms with Crippen molar-refractivity contribution in [3.8, 4) is 5.75 Å². The predicted octanol–water partition coefficient (Wildman–Crippen LogP) is 2.43. The maximum absolute atomic E-state index is 13.5. The lowest BCUT2D eigenvalue weighted by atomic mass is 9.89. The van der Waals surface area contributed by atoms with Gasteiger partial charge in [-0.05, 0) is 55.2 Å². The van der Waals surface area contributed by atoms with Gasteiger partial charge in [-0.3, -0.25) is 4.31 Å². The Hall–Kier alpha value is -3.27. The molecule has 0 aromatic heterocycles. The number of hydrogen-bond acceptors (Lipinski definition) is 5. The number of benzene rings is 2. The van der Waals surface area contributed by atoms with Gasteiger partial charge in [0.2, 0.25) is 0 Å². The summed E-state index contributed by atoms with van der Waals surface area (Å²) in [6, 6.07) is 11.3. The average Bonchev–Trinajstić information content (AvgIpc) is 2.73. The standard InChI is InChI=1S/C20H22N2O7S/c23-16-8-6-15(7-9-16)22(30(28,29)17-4-2-1-3-5-17)18(19(24)25)14-10-12-21(13-11-14)20(26)27/h1-9,14,18,23H,10-13H2,(H,24,25)(H,26,27). The van der Waals surface area contributed by atoms with Crippen molar-refractivity contribution < 1.29 is 33.3 Å². The van der Waals surface area contributed by atoms with E-state index in [9.17, 15) is 28.2 Å². The summed E-state index contributed by atoms with van der Waals surface area (Å²) in [5.74, 6) is -2.00. The lowest BCUT2D eigenvalue weighted by Crippen LogP contribution is -2.52. The highest BCUT2D eigenvalue weighted by atomic mass is 32.2. The van der Waals surface area contributed by atoms with E-state index in [0.717, 1.165) is 4.31 Å². The van der Waals surface area contributed by atoms with Crippen LogP contribution in [-0.2, 0) is 14.8 Å². The van der Waals surface area contributed by atoms with E-state index >= 15 is 0 Å². The highest BCUT2D eigenvalue weighted by molar-refractivity contribution is 7.93. The number of amides is 1. The van der Waals surface area contributed by atoms with E-state index in [-0.39, 0.29) is 42.3 Å². The number of nitrogens with zero attached hydrogens (tertiary/aromatic N) is 2. The van der Waals surface area contributed by atoms with E-state index in [1.165, 1.54) is 41.3 Å². The summed E-state index contributed by atoms with van der Waals surface area (Å²) in [7, 11) is -4.25. The number of piperidine rings is 1. The first-order valence-corrected chi connectivity index (χ1v) is 10.7. The molecule has 0 saturated carbocycles. The van der Waals surface area contributed by atoms with E-state index < -0.39 is 34.0 Å². The number of anilines is 1. The van der Waals surface area contributed by atoms with Gasteiger partial charge >= 0.3 is 12.1 Å². The molecule has 3 N–H and O–H groups in total. The largest absolute Gasteiger partial charge is 0.508 e. The smallest absolute Gasteiger partial charge is 0.407 e. The van der Waals surface area contributed by atoms with Crippen LogP contribution in [0.4, 0.5) is 10.5 Å². The van der Waals surface area contributed by atoms with Gasteiger partial charge < -0.3 is 20.2 Å². The molecular formula is C20H22N2O7S. The van der Waals surface area contributed by atoms with E-state index in [4.69, 9.17) is 5.11 Å². The maximum atomic E-state index is 13.5. The van der Waals surface area contributed by atoms with E-state index in [2.05, 4.69) is 0 Å². The predicted molar refractivity (Wildman–Crippen MR) is 108 cm³/mol. The van der Waals surface area contributed by atoms with Crippen molar-refractivity contribution in [1.82, 2.24) is 4.90 Å². The van der Waals surface area contributed by atoms with Crippen molar-refractivity contribution in [1.29, 1.82) is 0 Å². The van der Waals surface area contributed by atoms with Gasteiger partial charge in [0.1, 0.15) is 11.8 Å². The molecule has 1 atom stereocenters. The van der Waals surface area contributed by atoms with Gasteiger partial charge in [0.25, 0.3) is 10.0 Å². The van der Waals surface area contributed by atoms with Crippen molar-refractivity contribution in [3.05, 3.63) is 54.6 Å². The van der Waals surface area contributed by atoms with Gasteiger partial charge in [-0.1, -0.05) is 18.2 Å². The van der Waals surface area contributed by atoms with E-state index in [0.29, 0.717) is 0 Å². The molecule has 0 radical (unpaired) electrons. The second-order valence-electron chi connectivity index (χ2n) is 7.02. The van der Waals surface area contributed by atoms with Crippen LogP contribution in [-0.4, -0.2) is 59.8 Å². The molecule has 0 bridgehead atoms. The minimum atomic E-state index is -4.25. The molecule has 30 heavy (non-hydrogen) atoms. The zero-order valence-electron chi connectivity index (χ0n) is 16.0. The molecule has 1 aliphatic rings. The molecule has 9 nitrogen and oxygen atoms in total. The van der Waals surface area contributed by atoms with Gasteiger partial charge in [0.15, 0.2) is 0 Å². The first-order valence-electron chi connectivity index (χ1n) is 9.31. The Bertz CT molecular complexity index is 1000. The molecule has 2 aromatic rings. The number of carboxylic acids is 1. The second-order valence-corrected chi connectivity index (χ2v) is 8.84. The highest BCUT2D eigenvalue weighted by Crippen LogP contribution is 2.34. The third kappa shape index (κ3) is 4.33. The van der Waals surface area contributed by atoms with Crippen LogP contribution in [0.5, 0.6) is 5.75 Å². The van der Waals surface area contributed by atoms with Gasteiger partial charge in [-0.2, -0.15) is 0 Å². The van der Waals surface area contributed by atoms with Gasteiger partial charge in [-0.25, -0.2) is 18.0 Å². The summed E-state index contributed by atoms with van der Waals surface area (Å²) in [5.41, 5.74) is 0.102. The quantitative estimate of drug-likeness (QED) is 0.635. The van der Waals surface area contributed by atoms with Crippen LogP contribution in [0.25, 0.3) is 0 Å². The molecule has 1 amide bonds. The number of rotatable bonds is 6. The molecule has 160 valence electrons. The number of phenolic OH excluding ortho intramolecular Hbond substituents is 1. The van der Waals surface area contributed by atoms with Crippen LogP contribution in [0, 0.1) is 5.92 Å². The first kappa shape index (κ1) is 21.4. The third-order valence-electron chi connectivity index (χ3n) is 5.17. The maximum Gasteiger partial charge on any atom is 0.407 e. The summed E-state index contributed by atoms with van der Waals surface area (Å²) in [6.07, 6.45) is -0.669. The molecule has 1 saturated heterocycles. The number of likely N-dealkylation sites (tertiary alicyclic amines) is 1. The summed E-state index contributed by atoms with van der Waals surface area (Å²) in [6.45, 7) is 0.247. The molecule has 1 heterocycles. The lowest BCUT2D eigenvalue weighted by molar-refractivity contribution is -0.140. The van der Waals surface area contributed by atoms with Gasteiger partial charge in [-0.15, -0.1) is 0 Å². The minimum absolute atomic E-state index is 0.0627. The Kier molecular flexibility index (Phi) is 6.16. The van der Waals surface area contributed by atoms with E-state index in [1.54, 1.807) is 18.2 Å². The molecule has 1 unspecified atom stereocenters. The van der Waals surface area contributed by atoms with Crippen LogP contribution < -0.4 is 4.31 Å². The number of aliphatic carboxylic acids is 1. The average molecular weight is 434 g/mol. The Morgan fingerprint density at radius 2 is 1.53 bits per heavy atom. The number of aromatic hydroxyl groups is 1. The second kappa shape index (κ2) is 8.62. The number of sulfonamides is 1. The van der Waals surface area contributed by atoms with Crippen molar-refractivity contribution in [2.24, 2.45) is 5.92 Å². The highest BCUT2D eigenvalue weighted by Gasteiger charge is 2.42. The topological polar surface area (TPSA) is 135 Å². The number of carboxylic acid groups (broad SMARTS) is 2. The number of phenols is 1. The summed E-state index contributed by atoms with van der Waals surface area (Å²) in [5, 5.41) is 28.7. The molecule has 1 aliphatic heterocycles. The van der Waals surface area contributed by atoms with Gasteiger partial charge in [0.05, 0.1) is 10.6 Å². The minimum Gasteiger partial charge on any atom is -0.508 e. The Balaban J connectivity index is 2.06. The van der Waals surface area contributed by atoms with Crippen molar-refractivity contribution >= 4 is 27.8 Å². The Morgan fingerprint density at radius 3 is 2.03 bits per heavy atom. The number of hydrogen-bond donors (Lipinski definition) is 3. The molecule has 0 aliphatic carbocycles. The van der Waals surface area contributed by atoms with Crippen molar-refractivity contribution in [2.75, 3.05) is 17.4 Å². The van der Waals surface area contributed by atoms with E-state index in [1.807, 2.05) is 0 Å². The van der Waals surface area contributed by atoms with Crippen LogP contribution in [0.15, 0.2) is 59.5 Å². The Labute approximate surface area is 173 Å². The molecule has 1 fully saturated rings. The lowest BCUT2D eigenvalue weighted by Gasteiger charge is -2.38. The van der Waals surface area contributed by atoms with Crippen LogP contribution in [0.1, 0.15) is 12.8 Å². The fraction of sp³-hybridized carbons (Fsp3) is 0.300. The monoisotopic (exact) mass is 434 g/mol. The zero-order valence-corrected chi connectivity index (χ0v) is 16.8. The molecule has 3 rings (SSSR count). The number of carbonyl (C=O) groups is 2.